The highest BCUT2D eigenvalue weighted by atomic mass is 16.2. The van der Waals surface area contributed by atoms with Crippen LogP contribution in [-0.2, 0) is 16.8 Å². The van der Waals surface area contributed by atoms with Crippen molar-refractivity contribution in [1.82, 2.24) is 0 Å². The number of likely N-dealkylation sites (N-methyl/N-ethyl adjacent to an activating group) is 1. The highest BCUT2D eigenvalue weighted by Gasteiger charge is 2.66. The molecule has 3 heteroatoms. The molecule has 3 nitrogen and oxygen atoms in total. The van der Waals surface area contributed by atoms with Crippen LogP contribution in [-0.4, -0.2) is 19.2 Å². The number of para-hydroxylation sites is 1. The molecule has 2 aromatic rings. The Hall–Kier alpha value is -2.42. The van der Waals surface area contributed by atoms with E-state index in [-0.39, 0.29) is 11.3 Å². The number of rotatable bonds is 1. The van der Waals surface area contributed by atoms with E-state index in [9.17, 15) is 4.79 Å². The maximum atomic E-state index is 12.9. The molecule has 3 aliphatic rings. The summed E-state index contributed by atoms with van der Waals surface area (Å²) in [6.45, 7) is 0.788. The van der Waals surface area contributed by atoms with Crippen LogP contribution in [0.4, 0.5) is 5.69 Å². The van der Waals surface area contributed by atoms with Crippen LogP contribution in [0, 0.1) is 0 Å². The lowest BCUT2D eigenvalue weighted by atomic mass is 9.91. The number of hydrogen-bond acceptors (Lipinski definition) is 2. The number of benzene rings is 2. The van der Waals surface area contributed by atoms with Crippen LogP contribution >= 0.6 is 0 Å². The molecule has 2 unspecified atom stereocenters. The first-order chi connectivity index (χ1) is 10.7. The van der Waals surface area contributed by atoms with Gasteiger partial charge in [0, 0.05) is 24.9 Å². The van der Waals surface area contributed by atoms with E-state index in [2.05, 4.69) is 29.3 Å². The normalized spacial score (nSPS) is 27.4. The number of anilines is 1. The van der Waals surface area contributed by atoms with Crippen molar-refractivity contribution in [3.8, 4) is 0 Å². The van der Waals surface area contributed by atoms with Crippen LogP contribution in [0.15, 0.2) is 47.5 Å². The molecule has 0 saturated heterocycles. The van der Waals surface area contributed by atoms with Crippen LogP contribution in [0.2, 0.25) is 0 Å². The molecule has 0 aromatic heterocycles. The number of amides is 1. The van der Waals surface area contributed by atoms with Gasteiger partial charge in [0.15, 0.2) is 0 Å². The van der Waals surface area contributed by atoms with Crippen molar-refractivity contribution in [2.45, 2.75) is 24.3 Å². The minimum Gasteiger partial charge on any atom is -0.314 e. The molecule has 1 amide bonds. The average molecular weight is 288 g/mol. The SMILES string of the molecule is CN1C(=O)C2(CC2c2ccc3c(c2)C=NC3)c2ccccc21. The van der Waals surface area contributed by atoms with Crippen molar-refractivity contribution >= 4 is 17.8 Å². The first-order valence-electron chi connectivity index (χ1n) is 7.72. The minimum absolute atomic E-state index is 0.243. The fraction of sp³-hybridized carbons (Fsp3) is 0.263. The fourth-order valence-electron chi connectivity index (χ4n) is 4.20. The molecule has 1 aliphatic carbocycles. The summed E-state index contributed by atoms with van der Waals surface area (Å²) in [5.41, 5.74) is 5.71. The van der Waals surface area contributed by atoms with E-state index in [1.807, 2.05) is 36.4 Å². The van der Waals surface area contributed by atoms with Crippen molar-refractivity contribution in [2.75, 3.05) is 11.9 Å². The summed E-state index contributed by atoms with van der Waals surface area (Å²) in [6, 6.07) is 14.8. The lowest BCUT2D eigenvalue weighted by Gasteiger charge is -2.12. The smallest absolute Gasteiger partial charge is 0.238 e. The largest absolute Gasteiger partial charge is 0.314 e. The molecule has 1 saturated carbocycles. The van der Waals surface area contributed by atoms with E-state index in [0.29, 0.717) is 5.92 Å². The number of aliphatic imine (C=N–C) groups is 1. The summed E-state index contributed by atoms with van der Waals surface area (Å²) in [6.07, 6.45) is 2.87. The summed E-state index contributed by atoms with van der Waals surface area (Å²) in [4.78, 5) is 19.0. The van der Waals surface area contributed by atoms with E-state index in [1.54, 1.807) is 0 Å². The Bertz CT molecular complexity index is 854. The summed E-state index contributed by atoms with van der Waals surface area (Å²) >= 11 is 0. The summed E-state index contributed by atoms with van der Waals surface area (Å²) in [5.74, 6) is 0.540. The van der Waals surface area contributed by atoms with Gasteiger partial charge in [-0.25, -0.2) is 0 Å². The van der Waals surface area contributed by atoms with Gasteiger partial charge in [0.2, 0.25) is 5.91 Å². The predicted molar refractivity (Wildman–Crippen MR) is 86.6 cm³/mol. The van der Waals surface area contributed by atoms with Crippen LogP contribution in [0.25, 0.3) is 0 Å². The second kappa shape index (κ2) is 3.86. The molecule has 2 heterocycles. The van der Waals surface area contributed by atoms with Crippen molar-refractivity contribution in [2.24, 2.45) is 4.99 Å². The van der Waals surface area contributed by atoms with Gasteiger partial charge in [-0.1, -0.05) is 30.3 Å². The number of hydrogen-bond donors (Lipinski definition) is 0. The van der Waals surface area contributed by atoms with E-state index in [0.717, 1.165) is 18.7 Å². The van der Waals surface area contributed by atoms with Crippen LogP contribution in [0.1, 0.15) is 34.6 Å². The monoisotopic (exact) mass is 288 g/mol. The van der Waals surface area contributed by atoms with Gasteiger partial charge in [0.25, 0.3) is 0 Å². The summed E-state index contributed by atoms with van der Waals surface area (Å²) in [5, 5.41) is 0. The topological polar surface area (TPSA) is 32.7 Å². The number of nitrogens with zero attached hydrogens (tertiary/aromatic N) is 2. The minimum atomic E-state index is -0.324. The third-order valence-electron chi connectivity index (χ3n) is 5.46. The van der Waals surface area contributed by atoms with Crippen molar-refractivity contribution in [3.05, 3.63) is 64.7 Å². The second-order valence-corrected chi connectivity index (χ2v) is 6.54. The third kappa shape index (κ3) is 1.32. The van der Waals surface area contributed by atoms with E-state index >= 15 is 0 Å². The zero-order chi connectivity index (χ0) is 14.9. The van der Waals surface area contributed by atoms with Gasteiger partial charge < -0.3 is 4.90 Å². The number of carbonyl (C=O) groups is 1. The van der Waals surface area contributed by atoms with Gasteiger partial charge in [-0.3, -0.25) is 9.79 Å². The first-order valence-corrected chi connectivity index (χ1v) is 7.72. The molecular formula is C19H16N2O. The molecule has 1 spiro atoms. The number of fused-ring (bicyclic) bond motifs is 3. The highest BCUT2D eigenvalue weighted by Crippen LogP contribution is 2.66. The highest BCUT2D eigenvalue weighted by molar-refractivity contribution is 6.11. The summed E-state index contributed by atoms with van der Waals surface area (Å²) < 4.78 is 0. The van der Waals surface area contributed by atoms with Crippen LogP contribution < -0.4 is 4.90 Å². The lowest BCUT2D eigenvalue weighted by Crippen LogP contribution is -2.29. The van der Waals surface area contributed by atoms with Gasteiger partial charge in [-0.15, -0.1) is 0 Å². The molecular weight excluding hydrogens is 272 g/mol. The van der Waals surface area contributed by atoms with Gasteiger partial charge in [0.05, 0.1) is 12.0 Å². The molecule has 2 atom stereocenters. The molecule has 5 rings (SSSR count). The molecule has 0 radical (unpaired) electrons. The second-order valence-electron chi connectivity index (χ2n) is 6.54. The molecule has 2 aromatic carbocycles. The zero-order valence-electron chi connectivity index (χ0n) is 12.4. The Kier molecular flexibility index (Phi) is 2.13. The summed E-state index contributed by atoms with van der Waals surface area (Å²) in [7, 11) is 1.89. The van der Waals surface area contributed by atoms with Gasteiger partial charge in [-0.05, 0) is 40.8 Å². The Morgan fingerprint density at radius 2 is 2.09 bits per heavy atom. The quantitative estimate of drug-likeness (QED) is 0.794. The molecule has 1 fully saturated rings. The van der Waals surface area contributed by atoms with E-state index < -0.39 is 0 Å². The van der Waals surface area contributed by atoms with Crippen LogP contribution in [0.3, 0.4) is 0 Å². The molecule has 108 valence electrons. The number of carbonyl (C=O) groups excluding carboxylic acids is 1. The van der Waals surface area contributed by atoms with E-state index in [1.165, 1.54) is 22.3 Å². The molecule has 0 bridgehead atoms. The van der Waals surface area contributed by atoms with Gasteiger partial charge in [-0.2, -0.15) is 0 Å². The zero-order valence-corrected chi connectivity index (χ0v) is 12.4. The average Bonchev–Trinajstić information content (AvgIpc) is 3.07. The van der Waals surface area contributed by atoms with Crippen molar-refractivity contribution < 1.29 is 4.79 Å². The third-order valence-corrected chi connectivity index (χ3v) is 5.46. The maximum absolute atomic E-state index is 12.9. The van der Waals surface area contributed by atoms with Gasteiger partial charge >= 0.3 is 0 Å². The molecule has 22 heavy (non-hydrogen) atoms. The maximum Gasteiger partial charge on any atom is 0.238 e. The molecule has 0 N–H and O–H groups in total. The standard InChI is InChI=1S/C19H16N2O/c1-21-17-5-3-2-4-15(17)19(18(21)22)9-16(19)12-6-7-13-10-20-11-14(13)8-12/h2-8,11,16H,9-10H2,1H3. The fourth-order valence-corrected chi connectivity index (χ4v) is 4.20. The Labute approximate surface area is 129 Å². The Morgan fingerprint density at radius 1 is 1.23 bits per heavy atom. The molecule has 2 aliphatic heterocycles. The predicted octanol–water partition coefficient (Wildman–Crippen LogP) is 3.02. The van der Waals surface area contributed by atoms with Crippen molar-refractivity contribution in [1.29, 1.82) is 0 Å². The van der Waals surface area contributed by atoms with Crippen molar-refractivity contribution in [3.63, 3.8) is 0 Å². The van der Waals surface area contributed by atoms with E-state index in [4.69, 9.17) is 0 Å². The Balaban J connectivity index is 1.61. The first kappa shape index (κ1) is 12.2. The van der Waals surface area contributed by atoms with Gasteiger partial charge in [0.1, 0.15) is 0 Å². The Morgan fingerprint density at radius 3 is 3.00 bits per heavy atom. The lowest BCUT2D eigenvalue weighted by molar-refractivity contribution is -0.120. The van der Waals surface area contributed by atoms with Crippen LogP contribution in [0.5, 0.6) is 0 Å².